The van der Waals surface area contributed by atoms with E-state index in [-0.39, 0.29) is 5.91 Å². The lowest BCUT2D eigenvalue weighted by Crippen LogP contribution is -3.10. The van der Waals surface area contributed by atoms with E-state index in [0.717, 1.165) is 10.6 Å². The van der Waals surface area contributed by atoms with Crippen molar-refractivity contribution >= 4 is 11.6 Å². The molecule has 2 aromatic carbocycles. The Morgan fingerprint density at radius 2 is 1.87 bits per heavy atom. The third-order valence-corrected chi connectivity index (χ3v) is 3.32. The zero-order valence-corrected chi connectivity index (χ0v) is 13.1. The van der Waals surface area contributed by atoms with Crippen molar-refractivity contribution in [3.8, 4) is 11.8 Å². The third-order valence-electron chi connectivity index (χ3n) is 3.32. The molecule has 118 valence electrons. The summed E-state index contributed by atoms with van der Waals surface area (Å²) in [4.78, 5) is 13.1. The topological polar surface area (TPSA) is 66.6 Å². The van der Waals surface area contributed by atoms with Gasteiger partial charge in [-0.1, -0.05) is 30.3 Å². The fourth-order valence-corrected chi connectivity index (χ4v) is 2.11. The molecule has 0 aliphatic carbocycles. The number of anilines is 1. The first-order valence-corrected chi connectivity index (χ1v) is 7.47. The van der Waals surface area contributed by atoms with Crippen molar-refractivity contribution in [3.05, 3.63) is 60.2 Å². The summed E-state index contributed by atoms with van der Waals surface area (Å²) in [5, 5.41) is 11.8. The number of carbonyl (C=O) groups excluding carboxylic acids is 1. The number of hydrogen-bond donors (Lipinski definition) is 2. The van der Waals surface area contributed by atoms with E-state index >= 15 is 0 Å². The van der Waals surface area contributed by atoms with Gasteiger partial charge < -0.3 is 15.0 Å². The number of para-hydroxylation sites is 2. The van der Waals surface area contributed by atoms with Gasteiger partial charge in [0, 0.05) is 0 Å². The first kappa shape index (κ1) is 16.5. The van der Waals surface area contributed by atoms with E-state index in [0.29, 0.717) is 30.9 Å². The summed E-state index contributed by atoms with van der Waals surface area (Å²) >= 11 is 0. The number of benzene rings is 2. The molecule has 0 fully saturated rings. The molecule has 1 atom stereocenters. The highest BCUT2D eigenvalue weighted by Crippen LogP contribution is 2.12. The molecule has 0 saturated carbocycles. The first-order valence-electron chi connectivity index (χ1n) is 7.47. The normalized spacial score (nSPS) is 11.3. The molecule has 23 heavy (non-hydrogen) atoms. The maximum Gasteiger partial charge on any atom is 0.279 e. The Morgan fingerprint density at radius 1 is 1.17 bits per heavy atom. The average Bonchev–Trinajstić information content (AvgIpc) is 2.56. The molecule has 0 aromatic heterocycles. The molecule has 0 radical (unpaired) electrons. The van der Waals surface area contributed by atoms with E-state index in [9.17, 15) is 4.79 Å². The number of quaternary nitrogens is 1. The van der Waals surface area contributed by atoms with Crippen LogP contribution in [0.5, 0.6) is 5.75 Å². The number of rotatable bonds is 7. The molecule has 1 amide bonds. The van der Waals surface area contributed by atoms with Crippen LogP contribution in [0.25, 0.3) is 0 Å². The number of amides is 1. The minimum Gasteiger partial charge on any atom is -0.488 e. The minimum atomic E-state index is -0.120. The molecule has 2 N–H and O–H groups in total. The standard InChI is InChI=1S/C18H19N3O2/c1-21(11-12-23-16-8-3-2-4-9-16)14-18(22)20-17-10-6-5-7-15(17)13-19/h2-10H,11-12,14H2,1H3,(H,20,22)/p+1. The van der Waals surface area contributed by atoms with Gasteiger partial charge in [0.25, 0.3) is 5.91 Å². The highest BCUT2D eigenvalue weighted by Gasteiger charge is 2.12. The molecule has 0 bridgehead atoms. The molecule has 5 heteroatoms. The van der Waals surface area contributed by atoms with Crippen molar-refractivity contribution in [2.45, 2.75) is 0 Å². The number of ether oxygens (including phenoxy) is 1. The predicted octanol–water partition coefficient (Wildman–Crippen LogP) is 1.09. The number of nitrogens with one attached hydrogen (secondary N) is 2. The van der Waals surface area contributed by atoms with Crippen LogP contribution in [0.4, 0.5) is 5.69 Å². The zero-order valence-electron chi connectivity index (χ0n) is 13.1. The van der Waals surface area contributed by atoms with Gasteiger partial charge in [0.15, 0.2) is 6.54 Å². The van der Waals surface area contributed by atoms with E-state index in [1.165, 1.54) is 0 Å². The average molecular weight is 310 g/mol. The number of hydrogen-bond acceptors (Lipinski definition) is 3. The molecule has 5 nitrogen and oxygen atoms in total. The first-order chi connectivity index (χ1) is 11.2. The number of likely N-dealkylation sites (N-methyl/N-ethyl adjacent to an activating group) is 1. The van der Waals surface area contributed by atoms with Gasteiger partial charge >= 0.3 is 0 Å². The Balaban J connectivity index is 1.75. The van der Waals surface area contributed by atoms with Crippen LogP contribution in [0.2, 0.25) is 0 Å². The number of carbonyl (C=O) groups is 1. The molecule has 1 unspecified atom stereocenters. The minimum absolute atomic E-state index is 0.120. The molecule has 2 rings (SSSR count). The van der Waals surface area contributed by atoms with Gasteiger partial charge in [0.05, 0.1) is 18.3 Å². The molecule has 0 spiro atoms. The second kappa shape index (κ2) is 8.57. The Bertz CT molecular complexity index is 680. The van der Waals surface area contributed by atoms with Crippen LogP contribution >= 0.6 is 0 Å². The summed E-state index contributed by atoms with van der Waals surface area (Å²) in [7, 11) is 1.93. The molecular weight excluding hydrogens is 290 g/mol. The van der Waals surface area contributed by atoms with E-state index in [1.54, 1.807) is 24.3 Å². The highest BCUT2D eigenvalue weighted by atomic mass is 16.5. The van der Waals surface area contributed by atoms with Crippen molar-refractivity contribution in [1.29, 1.82) is 5.26 Å². The van der Waals surface area contributed by atoms with Crippen LogP contribution in [0.3, 0.4) is 0 Å². The summed E-state index contributed by atoms with van der Waals surface area (Å²) in [6.07, 6.45) is 0. The molecule has 0 aliphatic rings. The monoisotopic (exact) mass is 310 g/mol. The predicted molar refractivity (Wildman–Crippen MR) is 88.3 cm³/mol. The summed E-state index contributed by atoms with van der Waals surface area (Å²) in [5.41, 5.74) is 1.01. The quantitative estimate of drug-likeness (QED) is 0.804. The van der Waals surface area contributed by atoms with Crippen LogP contribution in [0.1, 0.15) is 5.56 Å². The molecule has 2 aromatic rings. The second-order valence-electron chi connectivity index (χ2n) is 5.25. The van der Waals surface area contributed by atoms with E-state index in [4.69, 9.17) is 10.00 Å². The number of nitriles is 1. The summed E-state index contributed by atoms with van der Waals surface area (Å²) in [6, 6.07) is 18.6. The molecule has 0 aliphatic heterocycles. The second-order valence-corrected chi connectivity index (χ2v) is 5.25. The summed E-state index contributed by atoms with van der Waals surface area (Å²) in [5.74, 6) is 0.706. The van der Waals surface area contributed by atoms with Gasteiger partial charge in [-0.25, -0.2) is 0 Å². The Labute approximate surface area is 136 Å². The lowest BCUT2D eigenvalue weighted by atomic mass is 10.2. The SMILES string of the molecule is C[NH+](CCOc1ccccc1)CC(=O)Nc1ccccc1C#N. The van der Waals surface area contributed by atoms with Crippen LogP contribution in [-0.4, -0.2) is 32.7 Å². The molecular formula is C18H20N3O2+. The Hall–Kier alpha value is -2.84. The van der Waals surface area contributed by atoms with Crippen LogP contribution in [-0.2, 0) is 4.79 Å². The van der Waals surface area contributed by atoms with Gasteiger partial charge in [0.1, 0.15) is 25.0 Å². The van der Waals surface area contributed by atoms with Crippen molar-refractivity contribution in [1.82, 2.24) is 0 Å². The largest absolute Gasteiger partial charge is 0.488 e. The molecule has 0 saturated heterocycles. The highest BCUT2D eigenvalue weighted by molar-refractivity contribution is 5.92. The fourth-order valence-electron chi connectivity index (χ4n) is 2.11. The summed E-state index contributed by atoms with van der Waals surface area (Å²) in [6.45, 7) is 1.57. The lowest BCUT2D eigenvalue weighted by Gasteiger charge is -2.14. The van der Waals surface area contributed by atoms with Crippen LogP contribution in [0.15, 0.2) is 54.6 Å². The number of nitrogens with zero attached hydrogens (tertiary/aromatic N) is 1. The lowest BCUT2D eigenvalue weighted by molar-refractivity contribution is -0.871. The smallest absolute Gasteiger partial charge is 0.279 e. The Morgan fingerprint density at radius 3 is 2.61 bits per heavy atom. The van der Waals surface area contributed by atoms with Crippen molar-refractivity contribution in [2.24, 2.45) is 0 Å². The fraction of sp³-hybridized carbons (Fsp3) is 0.222. The van der Waals surface area contributed by atoms with Crippen molar-refractivity contribution in [2.75, 3.05) is 32.1 Å². The zero-order chi connectivity index (χ0) is 16.5. The Kier molecular flexibility index (Phi) is 6.16. The van der Waals surface area contributed by atoms with E-state index < -0.39 is 0 Å². The molecule has 0 heterocycles. The van der Waals surface area contributed by atoms with Crippen molar-refractivity contribution in [3.63, 3.8) is 0 Å². The van der Waals surface area contributed by atoms with Gasteiger partial charge in [-0.2, -0.15) is 5.26 Å². The van der Waals surface area contributed by atoms with Gasteiger partial charge in [-0.15, -0.1) is 0 Å². The van der Waals surface area contributed by atoms with E-state index in [1.807, 2.05) is 37.4 Å². The maximum absolute atomic E-state index is 12.0. The van der Waals surface area contributed by atoms with Crippen molar-refractivity contribution < 1.29 is 14.4 Å². The van der Waals surface area contributed by atoms with Crippen LogP contribution < -0.4 is 15.0 Å². The third kappa shape index (κ3) is 5.46. The summed E-state index contributed by atoms with van der Waals surface area (Å²) < 4.78 is 5.62. The van der Waals surface area contributed by atoms with E-state index in [2.05, 4.69) is 11.4 Å². The van der Waals surface area contributed by atoms with Crippen LogP contribution in [0, 0.1) is 11.3 Å². The van der Waals surface area contributed by atoms with Gasteiger partial charge in [-0.3, -0.25) is 4.79 Å². The van der Waals surface area contributed by atoms with Gasteiger partial charge in [-0.05, 0) is 24.3 Å². The maximum atomic E-state index is 12.0. The van der Waals surface area contributed by atoms with Gasteiger partial charge in [0.2, 0.25) is 0 Å².